The summed E-state index contributed by atoms with van der Waals surface area (Å²) in [6.07, 6.45) is 1.64. The van der Waals surface area contributed by atoms with Crippen molar-refractivity contribution in [3.8, 4) is 0 Å². The van der Waals surface area contributed by atoms with Gasteiger partial charge >= 0.3 is 0 Å². The third kappa shape index (κ3) is 3.32. The Morgan fingerprint density at radius 2 is 2.27 bits per heavy atom. The van der Waals surface area contributed by atoms with E-state index in [-0.39, 0.29) is 5.56 Å². The Morgan fingerprint density at radius 1 is 1.53 bits per heavy atom. The lowest BCUT2D eigenvalue weighted by molar-refractivity contribution is 0.700. The summed E-state index contributed by atoms with van der Waals surface area (Å²) < 4.78 is 1.82. The molecule has 1 rings (SSSR count). The molecule has 1 aromatic heterocycles. The van der Waals surface area contributed by atoms with Crippen LogP contribution in [0.2, 0.25) is 0 Å². The number of halogens is 1. The van der Waals surface area contributed by atoms with Gasteiger partial charge in [-0.25, -0.2) is 4.68 Å². The van der Waals surface area contributed by atoms with Crippen LogP contribution < -0.4 is 16.2 Å². The van der Waals surface area contributed by atoms with E-state index in [1.54, 1.807) is 13.2 Å². The quantitative estimate of drug-likeness (QED) is 0.771. The van der Waals surface area contributed by atoms with Crippen LogP contribution in [0.15, 0.2) is 15.5 Å². The summed E-state index contributed by atoms with van der Waals surface area (Å²) >= 11 is 3.24. The van der Waals surface area contributed by atoms with Crippen LogP contribution in [0.4, 0.5) is 5.69 Å². The SMILES string of the molecule is CCNCCNc1cnn(C)c(=O)c1Br. The molecule has 1 aromatic rings. The standard InChI is InChI=1S/C9H15BrN4O/c1-3-11-4-5-12-7-6-13-14(2)9(15)8(7)10/h6,11-12H,3-5H2,1-2H3. The van der Waals surface area contributed by atoms with Crippen LogP contribution in [0.1, 0.15) is 6.92 Å². The molecule has 0 aliphatic heterocycles. The molecule has 0 amide bonds. The fourth-order valence-corrected chi connectivity index (χ4v) is 1.60. The number of hydrogen-bond acceptors (Lipinski definition) is 4. The molecule has 0 fully saturated rings. The molecule has 0 aliphatic carbocycles. The number of hydrogen-bond donors (Lipinski definition) is 2. The summed E-state index contributed by atoms with van der Waals surface area (Å²) in [7, 11) is 1.62. The van der Waals surface area contributed by atoms with Crippen LogP contribution in [0.5, 0.6) is 0 Å². The van der Waals surface area contributed by atoms with E-state index in [0.29, 0.717) is 4.47 Å². The molecule has 0 bridgehead atoms. The van der Waals surface area contributed by atoms with Gasteiger partial charge in [-0.15, -0.1) is 0 Å². The third-order valence-electron chi connectivity index (χ3n) is 1.95. The first-order chi connectivity index (χ1) is 7.16. The van der Waals surface area contributed by atoms with Crippen molar-refractivity contribution in [2.45, 2.75) is 6.92 Å². The molecule has 1 heterocycles. The Kier molecular flexibility index (Phi) is 4.77. The van der Waals surface area contributed by atoms with E-state index in [4.69, 9.17) is 0 Å². The van der Waals surface area contributed by atoms with Crippen molar-refractivity contribution >= 4 is 21.6 Å². The van der Waals surface area contributed by atoms with Crippen molar-refractivity contribution in [2.24, 2.45) is 7.05 Å². The molecule has 0 spiro atoms. The van der Waals surface area contributed by atoms with E-state index in [2.05, 4.69) is 38.6 Å². The first-order valence-electron chi connectivity index (χ1n) is 4.83. The van der Waals surface area contributed by atoms with Crippen molar-refractivity contribution in [1.29, 1.82) is 0 Å². The van der Waals surface area contributed by atoms with Gasteiger partial charge in [-0.3, -0.25) is 4.79 Å². The van der Waals surface area contributed by atoms with Crippen LogP contribution in [-0.2, 0) is 7.05 Å². The topological polar surface area (TPSA) is 59.0 Å². The van der Waals surface area contributed by atoms with Gasteiger partial charge in [-0.2, -0.15) is 5.10 Å². The largest absolute Gasteiger partial charge is 0.381 e. The van der Waals surface area contributed by atoms with Crippen LogP contribution in [0, 0.1) is 0 Å². The predicted molar refractivity (Wildman–Crippen MR) is 64.2 cm³/mol. The van der Waals surface area contributed by atoms with Crippen molar-refractivity contribution < 1.29 is 0 Å². The van der Waals surface area contributed by atoms with Gasteiger partial charge in [0.15, 0.2) is 0 Å². The average molecular weight is 275 g/mol. The molecular weight excluding hydrogens is 260 g/mol. The highest BCUT2D eigenvalue weighted by molar-refractivity contribution is 9.10. The molecule has 15 heavy (non-hydrogen) atoms. The highest BCUT2D eigenvalue weighted by atomic mass is 79.9. The second kappa shape index (κ2) is 5.87. The molecule has 2 N–H and O–H groups in total. The zero-order chi connectivity index (χ0) is 11.3. The van der Waals surface area contributed by atoms with Gasteiger partial charge in [0, 0.05) is 20.1 Å². The average Bonchev–Trinajstić information content (AvgIpc) is 2.24. The maximum atomic E-state index is 11.5. The summed E-state index contributed by atoms with van der Waals surface area (Å²) in [6.45, 7) is 4.62. The molecule has 84 valence electrons. The number of anilines is 1. The van der Waals surface area contributed by atoms with Gasteiger partial charge in [0.1, 0.15) is 4.47 Å². The van der Waals surface area contributed by atoms with E-state index in [0.717, 1.165) is 25.3 Å². The Labute approximate surface area is 97.0 Å². The summed E-state index contributed by atoms with van der Waals surface area (Å²) in [5.74, 6) is 0. The second-order valence-electron chi connectivity index (χ2n) is 3.08. The minimum absolute atomic E-state index is 0.136. The molecule has 5 nitrogen and oxygen atoms in total. The van der Waals surface area contributed by atoms with Gasteiger partial charge in [-0.05, 0) is 22.5 Å². The van der Waals surface area contributed by atoms with Gasteiger partial charge in [-0.1, -0.05) is 6.92 Å². The first-order valence-corrected chi connectivity index (χ1v) is 5.62. The Balaban J connectivity index is 2.62. The summed E-state index contributed by atoms with van der Waals surface area (Å²) in [6, 6.07) is 0. The van der Waals surface area contributed by atoms with Crippen LogP contribution >= 0.6 is 15.9 Å². The number of nitrogens with zero attached hydrogens (tertiary/aromatic N) is 2. The molecular formula is C9H15BrN4O. The van der Waals surface area contributed by atoms with Gasteiger partial charge < -0.3 is 10.6 Å². The Hall–Kier alpha value is -0.880. The zero-order valence-electron chi connectivity index (χ0n) is 8.88. The number of aromatic nitrogens is 2. The molecule has 0 saturated carbocycles. The number of rotatable bonds is 5. The van der Waals surface area contributed by atoms with Crippen molar-refractivity contribution in [2.75, 3.05) is 25.0 Å². The third-order valence-corrected chi connectivity index (χ3v) is 2.71. The lowest BCUT2D eigenvalue weighted by Crippen LogP contribution is -2.24. The van der Waals surface area contributed by atoms with E-state index in [9.17, 15) is 4.79 Å². The minimum atomic E-state index is -0.136. The zero-order valence-corrected chi connectivity index (χ0v) is 10.5. The lowest BCUT2D eigenvalue weighted by Gasteiger charge is -2.08. The van der Waals surface area contributed by atoms with Crippen molar-refractivity contribution in [3.63, 3.8) is 0 Å². The Morgan fingerprint density at radius 3 is 2.93 bits per heavy atom. The normalized spacial score (nSPS) is 10.3. The molecule has 0 atom stereocenters. The maximum Gasteiger partial charge on any atom is 0.282 e. The predicted octanol–water partition coefficient (Wildman–Crippen LogP) is 0.564. The highest BCUT2D eigenvalue weighted by Gasteiger charge is 2.05. The molecule has 0 saturated heterocycles. The Bertz CT molecular complexity index is 377. The summed E-state index contributed by atoms with van der Waals surface area (Å²) in [5.41, 5.74) is 0.597. The number of nitrogens with one attached hydrogen (secondary N) is 2. The van der Waals surface area contributed by atoms with Crippen LogP contribution in [-0.4, -0.2) is 29.4 Å². The summed E-state index contributed by atoms with van der Waals surface area (Å²) in [5, 5.41) is 10.2. The molecule has 0 radical (unpaired) electrons. The number of likely N-dealkylation sites (N-methyl/N-ethyl adjacent to an activating group) is 1. The maximum absolute atomic E-state index is 11.5. The highest BCUT2D eigenvalue weighted by Crippen LogP contribution is 2.14. The van der Waals surface area contributed by atoms with E-state index in [1.165, 1.54) is 4.68 Å². The van der Waals surface area contributed by atoms with E-state index in [1.807, 2.05) is 0 Å². The summed E-state index contributed by atoms with van der Waals surface area (Å²) in [4.78, 5) is 11.5. The molecule has 0 unspecified atom stereocenters. The van der Waals surface area contributed by atoms with Crippen LogP contribution in [0.25, 0.3) is 0 Å². The molecule has 0 aliphatic rings. The lowest BCUT2D eigenvalue weighted by atomic mass is 10.4. The first kappa shape index (κ1) is 12.2. The monoisotopic (exact) mass is 274 g/mol. The smallest absolute Gasteiger partial charge is 0.282 e. The number of aryl methyl sites for hydroxylation is 1. The molecule has 0 aromatic carbocycles. The molecule has 6 heteroatoms. The fourth-order valence-electron chi connectivity index (χ4n) is 1.10. The van der Waals surface area contributed by atoms with E-state index >= 15 is 0 Å². The van der Waals surface area contributed by atoms with Crippen LogP contribution in [0.3, 0.4) is 0 Å². The van der Waals surface area contributed by atoms with Crippen molar-refractivity contribution in [3.05, 3.63) is 21.0 Å². The minimum Gasteiger partial charge on any atom is -0.381 e. The second-order valence-corrected chi connectivity index (χ2v) is 3.87. The van der Waals surface area contributed by atoms with Gasteiger partial charge in [0.2, 0.25) is 0 Å². The van der Waals surface area contributed by atoms with Gasteiger partial charge in [0.05, 0.1) is 11.9 Å². The van der Waals surface area contributed by atoms with Gasteiger partial charge in [0.25, 0.3) is 5.56 Å². The van der Waals surface area contributed by atoms with Crippen molar-refractivity contribution in [1.82, 2.24) is 15.1 Å². The van der Waals surface area contributed by atoms with E-state index < -0.39 is 0 Å². The fraction of sp³-hybridized carbons (Fsp3) is 0.556.